The molecule has 0 aliphatic carbocycles. The number of alkyl halides is 2. The number of amides is 2. The molecule has 0 spiro atoms. The minimum atomic E-state index is -2.83. The average Bonchev–Trinajstić information content (AvgIpc) is 2.94. The molecule has 2 fully saturated rings. The monoisotopic (exact) mass is 357 g/mol. The molecule has 1 N–H and O–H groups in total. The lowest BCUT2D eigenvalue weighted by atomic mass is 10.1. The standard InChI is InChI=1S/C16H18ClF2N3O2/c17-12-3-1-11(2-4-12)14(23)21-5-7-22(8-6-21)15(24)13-9-16(18,19)10-20-13/h1-4,13,20H,5-10H2. The zero-order chi connectivity index (χ0) is 17.3. The van der Waals surface area contributed by atoms with E-state index >= 15 is 0 Å². The van der Waals surface area contributed by atoms with E-state index in [0.29, 0.717) is 36.8 Å². The molecule has 2 saturated heterocycles. The molecule has 130 valence electrons. The second-order valence-corrected chi connectivity index (χ2v) is 6.55. The van der Waals surface area contributed by atoms with Crippen molar-refractivity contribution < 1.29 is 18.4 Å². The molecule has 2 aliphatic rings. The van der Waals surface area contributed by atoms with Crippen LogP contribution in [-0.4, -0.2) is 66.3 Å². The molecule has 2 aliphatic heterocycles. The van der Waals surface area contributed by atoms with Gasteiger partial charge in [0, 0.05) is 43.2 Å². The topological polar surface area (TPSA) is 52.7 Å². The Bertz CT molecular complexity index is 631. The molecule has 5 nitrogen and oxygen atoms in total. The normalized spacial score (nSPS) is 23.4. The van der Waals surface area contributed by atoms with E-state index in [9.17, 15) is 18.4 Å². The van der Waals surface area contributed by atoms with Crippen LogP contribution in [0.15, 0.2) is 24.3 Å². The van der Waals surface area contributed by atoms with Gasteiger partial charge in [-0.05, 0) is 24.3 Å². The van der Waals surface area contributed by atoms with Crippen LogP contribution in [0.5, 0.6) is 0 Å². The molecule has 1 aromatic rings. The second kappa shape index (κ2) is 6.64. The Labute approximate surface area is 143 Å². The van der Waals surface area contributed by atoms with Gasteiger partial charge >= 0.3 is 0 Å². The van der Waals surface area contributed by atoms with Gasteiger partial charge in [-0.1, -0.05) is 11.6 Å². The SMILES string of the molecule is O=C(c1ccc(Cl)cc1)N1CCN(C(=O)C2CC(F)(F)CN2)CC1. The van der Waals surface area contributed by atoms with Crippen LogP contribution < -0.4 is 5.32 Å². The van der Waals surface area contributed by atoms with Crippen LogP contribution in [0.25, 0.3) is 0 Å². The highest BCUT2D eigenvalue weighted by Gasteiger charge is 2.43. The molecule has 2 amide bonds. The van der Waals surface area contributed by atoms with Crippen molar-refractivity contribution >= 4 is 23.4 Å². The number of piperazine rings is 1. The summed E-state index contributed by atoms with van der Waals surface area (Å²) in [4.78, 5) is 27.9. The number of nitrogens with one attached hydrogen (secondary N) is 1. The summed E-state index contributed by atoms with van der Waals surface area (Å²) in [6, 6.07) is 5.79. The first-order chi connectivity index (χ1) is 11.4. The lowest BCUT2D eigenvalue weighted by molar-refractivity contribution is -0.135. The molecule has 1 aromatic carbocycles. The van der Waals surface area contributed by atoms with Gasteiger partial charge in [0.05, 0.1) is 12.6 Å². The Kier molecular flexibility index (Phi) is 4.73. The van der Waals surface area contributed by atoms with E-state index in [2.05, 4.69) is 5.32 Å². The summed E-state index contributed by atoms with van der Waals surface area (Å²) in [6.45, 7) is 1.01. The fourth-order valence-electron chi connectivity index (χ4n) is 3.02. The van der Waals surface area contributed by atoms with Gasteiger partial charge in [0.1, 0.15) is 0 Å². The fourth-order valence-corrected chi connectivity index (χ4v) is 3.14. The molecule has 0 radical (unpaired) electrons. The van der Waals surface area contributed by atoms with Crippen molar-refractivity contribution in [3.63, 3.8) is 0 Å². The smallest absolute Gasteiger partial charge is 0.262 e. The number of benzene rings is 1. The summed E-state index contributed by atoms with van der Waals surface area (Å²) in [5.74, 6) is -3.26. The summed E-state index contributed by atoms with van der Waals surface area (Å²) in [7, 11) is 0. The summed E-state index contributed by atoms with van der Waals surface area (Å²) in [5.41, 5.74) is 0.538. The van der Waals surface area contributed by atoms with Crippen LogP contribution in [0, 0.1) is 0 Å². The summed E-state index contributed by atoms with van der Waals surface area (Å²) in [6.07, 6.45) is -0.463. The summed E-state index contributed by atoms with van der Waals surface area (Å²) < 4.78 is 26.4. The van der Waals surface area contributed by atoms with Crippen molar-refractivity contribution in [3.8, 4) is 0 Å². The Morgan fingerprint density at radius 2 is 1.67 bits per heavy atom. The second-order valence-electron chi connectivity index (χ2n) is 6.12. The molecule has 2 heterocycles. The number of hydrogen-bond acceptors (Lipinski definition) is 3. The number of halogens is 3. The van der Waals surface area contributed by atoms with Gasteiger partial charge in [0.25, 0.3) is 11.8 Å². The molecule has 0 bridgehead atoms. The highest BCUT2D eigenvalue weighted by molar-refractivity contribution is 6.30. The molecule has 3 rings (SSSR count). The third-order valence-electron chi connectivity index (χ3n) is 4.38. The van der Waals surface area contributed by atoms with Gasteiger partial charge in [-0.15, -0.1) is 0 Å². The van der Waals surface area contributed by atoms with Crippen molar-refractivity contribution in [1.82, 2.24) is 15.1 Å². The number of nitrogens with zero attached hydrogens (tertiary/aromatic N) is 2. The van der Waals surface area contributed by atoms with Crippen LogP contribution in [0.1, 0.15) is 16.8 Å². The number of rotatable bonds is 2. The lowest BCUT2D eigenvalue weighted by Crippen LogP contribution is -2.54. The van der Waals surface area contributed by atoms with Crippen molar-refractivity contribution in [1.29, 1.82) is 0 Å². The Morgan fingerprint density at radius 1 is 1.08 bits per heavy atom. The number of hydrogen-bond donors (Lipinski definition) is 1. The molecule has 1 unspecified atom stereocenters. The van der Waals surface area contributed by atoms with E-state index in [1.54, 1.807) is 34.1 Å². The largest absolute Gasteiger partial charge is 0.338 e. The fraction of sp³-hybridized carbons (Fsp3) is 0.500. The minimum absolute atomic E-state index is 0.121. The molecule has 1 atom stereocenters. The molecule has 0 saturated carbocycles. The van der Waals surface area contributed by atoms with Gasteiger partial charge in [-0.3, -0.25) is 14.9 Å². The Hall–Kier alpha value is -1.73. The predicted octanol–water partition coefficient (Wildman–Crippen LogP) is 1.62. The van der Waals surface area contributed by atoms with E-state index in [1.165, 1.54) is 0 Å². The van der Waals surface area contributed by atoms with Gasteiger partial charge < -0.3 is 9.80 Å². The first-order valence-electron chi connectivity index (χ1n) is 7.80. The highest BCUT2D eigenvalue weighted by atomic mass is 35.5. The van der Waals surface area contributed by atoms with Crippen molar-refractivity contribution in [3.05, 3.63) is 34.9 Å². The third kappa shape index (κ3) is 3.67. The van der Waals surface area contributed by atoms with E-state index in [-0.39, 0.29) is 11.8 Å². The van der Waals surface area contributed by atoms with E-state index in [0.717, 1.165) is 0 Å². The van der Waals surface area contributed by atoms with Crippen LogP contribution >= 0.6 is 11.6 Å². The quantitative estimate of drug-likeness (QED) is 0.875. The summed E-state index contributed by atoms with van der Waals surface area (Å²) in [5, 5.41) is 3.13. The van der Waals surface area contributed by atoms with Crippen LogP contribution in [0.4, 0.5) is 8.78 Å². The van der Waals surface area contributed by atoms with Crippen molar-refractivity contribution in [2.75, 3.05) is 32.7 Å². The molecule has 24 heavy (non-hydrogen) atoms. The van der Waals surface area contributed by atoms with Gasteiger partial charge in [-0.2, -0.15) is 0 Å². The first-order valence-corrected chi connectivity index (χ1v) is 8.18. The Morgan fingerprint density at radius 3 is 2.21 bits per heavy atom. The van der Waals surface area contributed by atoms with Crippen LogP contribution in [-0.2, 0) is 4.79 Å². The molecule has 8 heteroatoms. The molecular formula is C16H18ClF2N3O2. The van der Waals surface area contributed by atoms with Crippen molar-refractivity contribution in [2.24, 2.45) is 0 Å². The zero-order valence-corrected chi connectivity index (χ0v) is 13.7. The minimum Gasteiger partial charge on any atom is -0.338 e. The zero-order valence-electron chi connectivity index (χ0n) is 13.0. The van der Waals surface area contributed by atoms with Crippen LogP contribution in [0.2, 0.25) is 5.02 Å². The average molecular weight is 358 g/mol. The number of carbonyl (C=O) groups excluding carboxylic acids is 2. The highest BCUT2D eigenvalue weighted by Crippen LogP contribution is 2.26. The summed E-state index contributed by atoms with van der Waals surface area (Å²) >= 11 is 5.81. The van der Waals surface area contributed by atoms with Gasteiger partial charge in [-0.25, -0.2) is 8.78 Å². The van der Waals surface area contributed by atoms with Gasteiger partial charge in [0.2, 0.25) is 5.91 Å². The van der Waals surface area contributed by atoms with E-state index in [1.807, 2.05) is 0 Å². The predicted molar refractivity (Wildman–Crippen MR) is 85.3 cm³/mol. The van der Waals surface area contributed by atoms with Crippen molar-refractivity contribution in [2.45, 2.75) is 18.4 Å². The maximum absolute atomic E-state index is 13.2. The first kappa shape index (κ1) is 17.1. The third-order valence-corrected chi connectivity index (χ3v) is 4.63. The molecule has 0 aromatic heterocycles. The Balaban J connectivity index is 1.55. The van der Waals surface area contributed by atoms with Crippen LogP contribution in [0.3, 0.4) is 0 Å². The maximum Gasteiger partial charge on any atom is 0.262 e. The maximum atomic E-state index is 13.2. The lowest BCUT2D eigenvalue weighted by Gasteiger charge is -2.36. The van der Waals surface area contributed by atoms with E-state index < -0.39 is 24.9 Å². The number of carbonyl (C=O) groups is 2. The van der Waals surface area contributed by atoms with E-state index in [4.69, 9.17) is 11.6 Å². The van der Waals surface area contributed by atoms with Gasteiger partial charge in [0.15, 0.2) is 0 Å². The molecular weight excluding hydrogens is 340 g/mol.